The fourth-order valence-corrected chi connectivity index (χ4v) is 2.62. The molecule has 6 heteroatoms. The number of halogens is 1. The van der Waals surface area contributed by atoms with E-state index in [2.05, 4.69) is 15.9 Å². The van der Waals surface area contributed by atoms with Gasteiger partial charge < -0.3 is 10.5 Å². The van der Waals surface area contributed by atoms with Gasteiger partial charge in [-0.3, -0.25) is 10.1 Å². The molecule has 0 saturated carbocycles. The number of rotatable bonds is 4. The van der Waals surface area contributed by atoms with Crippen molar-refractivity contribution in [3.63, 3.8) is 0 Å². The van der Waals surface area contributed by atoms with Gasteiger partial charge in [-0.15, -0.1) is 0 Å². The van der Waals surface area contributed by atoms with Crippen LogP contribution in [0, 0.1) is 24.0 Å². The SMILES string of the molecule is Cc1cc(Oc2c(C)cc(Br)cc2[N+](=O)[O-])ccc1CN. The highest BCUT2D eigenvalue weighted by molar-refractivity contribution is 9.10. The van der Waals surface area contributed by atoms with Crippen LogP contribution in [0.25, 0.3) is 0 Å². The standard InChI is InChI=1S/C15H15BrN2O3/c1-9-6-13(4-3-11(9)8-17)21-15-10(2)5-12(16)7-14(15)18(19)20/h3-7H,8,17H2,1-2H3. The Morgan fingerprint density at radius 1 is 1.24 bits per heavy atom. The van der Waals surface area contributed by atoms with Crippen LogP contribution in [-0.2, 0) is 6.54 Å². The smallest absolute Gasteiger partial charge is 0.312 e. The summed E-state index contributed by atoms with van der Waals surface area (Å²) in [4.78, 5) is 10.7. The van der Waals surface area contributed by atoms with Gasteiger partial charge in [0, 0.05) is 17.1 Å². The Labute approximate surface area is 131 Å². The van der Waals surface area contributed by atoms with Crippen molar-refractivity contribution in [2.45, 2.75) is 20.4 Å². The van der Waals surface area contributed by atoms with Crippen LogP contribution in [0.5, 0.6) is 11.5 Å². The summed E-state index contributed by atoms with van der Waals surface area (Å²) in [7, 11) is 0. The molecule has 0 atom stereocenters. The van der Waals surface area contributed by atoms with Gasteiger partial charge in [-0.1, -0.05) is 22.0 Å². The predicted molar refractivity (Wildman–Crippen MR) is 84.7 cm³/mol. The highest BCUT2D eigenvalue weighted by Gasteiger charge is 2.19. The summed E-state index contributed by atoms with van der Waals surface area (Å²) in [6, 6.07) is 8.67. The zero-order valence-electron chi connectivity index (χ0n) is 11.7. The Kier molecular flexibility index (Phi) is 4.59. The minimum absolute atomic E-state index is 0.0672. The highest BCUT2D eigenvalue weighted by Crippen LogP contribution is 2.37. The lowest BCUT2D eigenvalue weighted by atomic mass is 10.1. The molecule has 5 nitrogen and oxygen atoms in total. The molecule has 2 aromatic rings. The third-order valence-corrected chi connectivity index (χ3v) is 3.63. The number of benzene rings is 2. The molecule has 0 amide bonds. The van der Waals surface area contributed by atoms with Crippen LogP contribution in [0.15, 0.2) is 34.8 Å². The molecule has 0 fully saturated rings. The van der Waals surface area contributed by atoms with Gasteiger partial charge in [0.05, 0.1) is 4.92 Å². The van der Waals surface area contributed by atoms with Gasteiger partial charge in [0.15, 0.2) is 0 Å². The molecule has 2 aromatic carbocycles. The van der Waals surface area contributed by atoms with E-state index in [-0.39, 0.29) is 11.4 Å². The second kappa shape index (κ2) is 6.24. The van der Waals surface area contributed by atoms with Crippen molar-refractivity contribution >= 4 is 21.6 Å². The van der Waals surface area contributed by atoms with Crippen molar-refractivity contribution in [2.75, 3.05) is 0 Å². The van der Waals surface area contributed by atoms with E-state index >= 15 is 0 Å². The highest BCUT2D eigenvalue weighted by atomic mass is 79.9. The molecule has 0 spiro atoms. The van der Waals surface area contributed by atoms with Crippen molar-refractivity contribution < 1.29 is 9.66 Å². The van der Waals surface area contributed by atoms with Gasteiger partial charge in [-0.25, -0.2) is 0 Å². The molecule has 21 heavy (non-hydrogen) atoms. The van der Waals surface area contributed by atoms with Crippen molar-refractivity contribution in [1.82, 2.24) is 0 Å². The van der Waals surface area contributed by atoms with Crippen molar-refractivity contribution in [3.8, 4) is 11.5 Å². The maximum absolute atomic E-state index is 11.2. The zero-order valence-corrected chi connectivity index (χ0v) is 13.3. The van der Waals surface area contributed by atoms with Gasteiger partial charge in [-0.05, 0) is 48.7 Å². The second-order valence-electron chi connectivity index (χ2n) is 4.72. The molecule has 0 aliphatic heterocycles. The first-order valence-electron chi connectivity index (χ1n) is 6.34. The first-order valence-corrected chi connectivity index (χ1v) is 7.13. The van der Waals surface area contributed by atoms with E-state index in [4.69, 9.17) is 10.5 Å². The number of nitrogens with two attached hydrogens (primary N) is 1. The van der Waals surface area contributed by atoms with Crippen LogP contribution in [0.2, 0.25) is 0 Å². The molecule has 0 saturated heterocycles. The molecule has 0 heterocycles. The third kappa shape index (κ3) is 3.40. The van der Waals surface area contributed by atoms with Crippen LogP contribution < -0.4 is 10.5 Å². The zero-order chi connectivity index (χ0) is 15.6. The van der Waals surface area contributed by atoms with E-state index in [1.165, 1.54) is 6.07 Å². The van der Waals surface area contributed by atoms with Gasteiger partial charge in [0.1, 0.15) is 5.75 Å². The summed E-state index contributed by atoms with van der Waals surface area (Å²) in [5.74, 6) is 0.807. The molecule has 2 N–H and O–H groups in total. The fourth-order valence-electron chi connectivity index (χ4n) is 2.06. The summed E-state index contributed by atoms with van der Waals surface area (Å²) in [5.41, 5.74) is 8.26. The molecule has 0 aliphatic carbocycles. The Morgan fingerprint density at radius 3 is 2.52 bits per heavy atom. The van der Waals surface area contributed by atoms with E-state index in [0.29, 0.717) is 22.3 Å². The lowest BCUT2D eigenvalue weighted by molar-refractivity contribution is -0.385. The maximum atomic E-state index is 11.2. The van der Waals surface area contributed by atoms with Crippen LogP contribution in [0.3, 0.4) is 0 Å². The quantitative estimate of drug-likeness (QED) is 0.661. The third-order valence-electron chi connectivity index (χ3n) is 3.17. The van der Waals surface area contributed by atoms with Gasteiger partial charge in [0.2, 0.25) is 5.75 Å². The first-order chi connectivity index (χ1) is 9.92. The van der Waals surface area contributed by atoms with Crippen molar-refractivity contribution in [3.05, 3.63) is 61.6 Å². The summed E-state index contributed by atoms with van der Waals surface area (Å²) in [5, 5.41) is 11.2. The lowest BCUT2D eigenvalue weighted by Crippen LogP contribution is -2.00. The minimum atomic E-state index is -0.450. The molecule has 110 valence electrons. The number of ether oxygens (including phenoxy) is 1. The lowest BCUT2D eigenvalue weighted by Gasteiger charge is -2.11. The maximum Gasteiger partial charge on any atom is 0.312 e. The Bertz CT molecular complexity index is 702. The summed E-state index contributed by atoms with van der Waals surface area (Å²) >= 11 is 3.26. The van der Waals surface area contributed by atoms with E-state index in [9.17, 15) is 10.1 Å². The Morgan fingerprint density at radius 2 is 1.95 bits per heavy atom. The monoisotopic (exact) mass is 350 g/mol. The normalized spacial score (nSPS) is 10.5. The van der Waals surface area contributed by atoms with Crippen LogP contribution >= 0.6 is 15.9 Å². The Hall–Kier alpha value is -1.92. The van der Waals surface area contributed by atoms with E-state index in [1.54, 1.807) is 19.1 Å². The van der Waals surface area contributed by atoms with Crippen LogP contribution in [-0.4, -0.2) is 4.92 Å². The summed E-state index contributed by atoms with van der Waals surface area (Å²) in [6.07, 6.45) is 0. The van der Waals surface area contributed by atoms with Crippen LogP contribution in [0.4, 0.5) is 5.69 Å². The van der Waals surface area contributed by atoms with E-state index in [0.717, 1.165) is 11.1 Å². The second-order valence-corrected chi connectivity index (χ2v) is 5.64. The average molecular weight is 351 g/mol. The van der Waals surface area contributed by atoms with Crippen molar-refractivity contribution in [2.24, 2.45) is 5.73 Å². The van der Waals surface area contributed by atoms with Crippen LogP contribution in [0.1, 0.15) is 16.7 Å². The topological polar surface area (TPSA) is 78.4 Å². The molecule has 0 radical (unpaired) electrons. The summed E-state index contributed by atoms with van der Waals surface area (Å²) < 4.78 is 6.38. The number of aryl methyl sites for hydroxylation is 2. The average Bonchev–Trinajstić information content (AvgIpc) is 2.41. The number of nitro benzene ring substituents is 1. The largest absolute Gasteiger partial charge is 0.450 e. The molecule has 2 rings (SSSR count). The summed E-state index contributed by atoms with van der Waals surface area (Å²) in [6.45, 7) is 4.15. The van der Waals surface area contributed by atoms with Gasteiger partial charge in [-0.2, -0.15) is 0 Å². The number of nitro groups is 1. The van der Waals surface area contributed by atoms with E-state index < -0.39 is 4.92 Å². The molecule has 0 unspecified atom stereocenters. The molecular weight excluding hydrogens is 336 g/mol. The van der Waals surface area contributed by atoms with E-state index in [1.807, 2.05) is 19.1 Å². The number of nitrogens with zero attached hydrogens (tertiary/aromatic N) is 1. The first kappa shape index (κ1) is 15.5. The molecule has 0 bridgehead atoms. The Balaban J connectivity index is 2.44. The van der Waals surface area contributed by atoms with Crippen molar-refractivity contribution in [1.29, 1.82) is 0 Å². The fraction of sp³-hybridized carbons (Fsp3) is 0.200. The molecule has 0 aliphatic rings. The molecular formula is C15H15BrN2O3. The number of hydrogen-bond acceptors (Lipinski definition) is 4. The molecule has 0 aromatic heterocycles. The van der Waals surface area contributed by atoms with Gasteiger partial charge >= 0.3 is 5.69 Å². The minimum Gasteiger partial charge on any atom is -0.450 e. The number of hydrogen-bond donors (Lipinski definition) is 1. The predicted octanol–water partition coefficient (Wildman–Crippen LogP) is 4.23. The van der Waals surface area contributed by atoms with Gasteiger partial charge in [0.25, 0.3) is 0 Å².